The number of nitrogens with zero attached hydrogens (tertiary/aromatic N) is 1. The van der Waals surface area contributed by atoms with E-state index in [1.54, 1.807) is 0 Å². The number of piperidine rings is 1. The molecule has 0 amide bonds. The van der Waals surface area contributed by atoms with Gasteiger partial charge < -0.3 is 10.1 Å². The van der Waals surface area contributed by atoms with Gasteiger partial charge in [-0.15, -0.1) is 0 Å². The van der Waals surface area contributed by atoms with Gasteiger partial charge >= 0.3 is 5.97 Å². The monoisotopic (exact) mass is 228 g/mol. The first-order valence-electron chi connectivity index (χ1n) is 6.16. The fourth-order valence-electron chi connectivity index (χ4n) is 2.50. The second-order valence-corrected chi connectivity index (χ2v) is 4.57. The maximum absolute atomic E-state index is 11.3. The van der Waals surface area contributed by atoms with Gasteiger partial charge in [0.2, 0.25) is 0 Å². The van der Waals surface area contributed by atoms with Crippen molar-refractivity contribution in [1.82, 2.24) is 10.2 Å². The molecule has 0 radical (unpaired) electrons. The van der Waals surface area contributed by atoms with E-state index in [0.29, 0.717) is 12.5 Å². The van der Waals surface area contributed by atoms with Gasteiger partial charge in [0.05, 0.1) is 13.5 Å². The highest BCUT2D eigenvalue weighted by Crippen LogP contribution is 2.20. The lowest BCUT2D eigenvalue weighted by atomic mass is 9.99. The minimum Gasteiger partial charge on any atom is -0.469 e. The predicted octanol–water partition coefficient (Wildman–Crippen LogP) is 1.01. The van der Waals surface area contributed by atoms with Gasteiger partial charge in [-0.05, 0) is 33.4 Å². The van der Waals surface area contributed by atoms with Crippen LogP contribution in [0.2, 0.25) is 0 Å². The van der Waals surface area contributed by atoms with Crippen molar-refractivity contribution in [2.75, 3.05) is 27.2 Å². The van der Waals surface area contributed by atoms with E-state index in [1.165, 1.54) is 26.4 Å². The zero-order valence-corrected chi connectivity index (χ0v) is 10.7. The summed E-state index contributed by atoms with van der Waals surface area (Å²) in [6.45, 7) is 4.22. The van der Waals surface area contributed by atoms with E-state index in [2.05, 4.69) is 17.1 Å². The molecular weight excluding hydrogens is 204 g/mol. The molecule has 0 bridgehead atoms. The molecule has 16 heavy (non-hydrogen) atoms. The molecule has 1 fully saturated rings. The van der Waals surface area contributed by atoms with Crippen LogP contribution in [0.5, 0.6) is 0 Å². The molecule has 0 spiro atoms. The first-order valence-corrected chi connectivity index (χ1v) is 6.16. The van der Waals surface area contributed by atoms with Crippen LogP contribution >= 0.6 is 0 Å². The summed E-state index contributed by atoms with van der Waals surface area (Å²) in [5.74, 6) is -0.110. The molecule has 0 aromatic heterocycles. The number of hydrogen-bond donors (Lipinski definition) is 1. The van der Waals surface area contributed by atoms with E-state index in [1.807, 2.05) is 7.05 Å². The van der Waals surface area contributed by atoms with Gasteiger partial charge in [-0.25, -0.2) is 0 Å². The van der Waals surface area contributed by atoms with Crippen LogP contribution < -0.4 is 5.32 Å². The molecule has 0 saturated carbocycles. The molecule has 1 heterocycles. The Labute approximate surface area is 98.3 Å². The molecule has 1 aliphatic rings. The SMILES string of the molecule is CNCC1CCCCN1C(C)CC(=O)OC. The lowest BCUT2D eigenvalue weighted by Gasteiger charge is -2.39. The summed E-state index contributed by atoms with van der Waals surface area (Å²) in [5, 5.41) is 3.23. The molecule has 2 atom stereocenters. The second kappa shape index (κ2) is 6.86. The van der Waals surface area contributed by atoms with Gasteiger partial charge in [0.25, 0.3) is 0 Å². The molecule has 4 heteroatoms. The average Bonchev–Trinajstić information content (AvgIpc) is 2.30. The maximum Gasteiger partial charge on any atom is 0.307 e. The predicted molar refractivity (Wildman–Crippen MR) is 64.4 cm³/mol. The summed E-state index contributed by atoms with van der Waals surface area (Å²) in [4.78, 5) is 13.7. The summed E-state index contributed by atoms with van der Waals surface area (Å²) in [6.07, 6.45) is 4.27. The third-order valence-corrected chi connectivity index (χ3v) is 3.37. The number of rotatable bonds is 5. The molecule has 1 aliphatic heterocycles. The summed E-state index contributed by atoms with van der Waals surface area (Å²) in [6, 6.07) is 0.851. The lowest BCUT2D eigenvalue weighted by Crippen LogP contribution is -2.49. The van der Waals surface area contributed by atoms with Gasteiger partial charge in [0.1, 0.15) is 0 Å². The van der Waals surface area contributed by atoms with Crippen LogP contribution in [-0.2, 0) is 9.53 Å². The van der Waals surface area contributed by atoms with E-state index in [9.17, 15) is 4.79 Å². The van der Waals surface area contributed by atoms with Crippen molar-refractivity contribution in [3.63, 3.8) is 0 Å². The first kappa shape index (κ1) is 13.5. The number of ether oxygens (including phenoxy) is 1. The fourth-order valence-corrected chi connectivity index (χ4v) is 2.50. The summed E-state index contributed by atoms with van der Waals surface area (Å²) in [5.41, 5.74) is 0. The van der Waals surface area contributed by atoms with E-state index in [0.717, 1.165) is 13.1 Å². The van der Waals surface area contributed by atoms with Gasteiger partial charge in [-0.3, -0.25) is 9.69 Å². The van der Waals surface area contributed by atoms with Crippen LogP contribution in [0, 0.1) is 0 Å². The zero-order valence-electron chi connectivity index (χ0n) is 10.7. The van der Waals surface area contributed by atoms with Crippen LogP contribution in [0.3, 0.4) is 0 Å². The van der Waals surface area contributed by atoms with Crippen molar-refractivity contribution in [2.24, 2.45) is 0 Å². The Kier molecular flexibility index (Phi) is 5.77. The van der Waals surface area contributed by atoms with Crippen molar-refractivity contribution < 1.29 is 9.53 Å². The molecule has 0 aliphatic carbocycles. The Hall–Kier alpha value is -0.610. The van der Waals surface area contributed by atoms with Crippen molar-refractivity contribution in [2.45, 2.75) is 44.7 Å². The quantitative estimate of drug-likeness (QED) is 0.713. The number of methoxy groups -OCH3 is 1. The van der Waals surface area contributed by atoms with Crippen molar-refractivity contribution in [3.8, 4) is 0 Å². The topological polar surface area (TPSA) is 41.6 Å². The van der Waals surface area contributed by atoms with Crippen LogP contribution in [0.15, 0.2) is 0 Å². The Bertz CT molecular complexity index is 219. The van der Waals surface area contributed by atoms with Crippen LogP contribution in [-0.4, -0.2) is 50.2 Å². The first-order chi connectivity index (χ1) is 7.69. The maximum atomic E-state index is 11.3. The Morgan fingerprint density at radius 3 is 2.94 bits per heavy atom. The third kappa shape index (κ3) is 3.76. The molecule has 4 nitrogen and oxygen atoms in total. The van der Waals surface area contributed by atoms with Crippen molar-refractivity contribution >= 4 is 5.97 Å². The van der Waals surface area contributed by atoms with E-state index >= 15 is 0 Å². The van der Waals surface area contributed by atoms with Crippen LogP contribution in [0.1, 0.15) is 32.6 Å². The Morgan fingerprint density at radius 2 is 2.31 bits per heavy atom. The third-order valence-electron chi connectivity index (χ3n) is 3.37. The Balaban J connectivity index is 2.49. The molecule has 1 rings (SSSR count). The average molecular weight is 228 g/mol. The molecule has 1 N–H and O–H groups in total. The van der Waals surface area contributed by atoms with Crippen molar-refractivity contribution in [3.05, 3.63) is 0 Å². The number of hydrogen-bond acceptors (Lipinski definition) is 4. The standard InChI is InChI=1S/C12H24N2O2/c1-10(8-12(15)16-3)14-7-5-4-6-11(14)9-13-2/h10-11,13H,4-9H2,1-3H3. The van der Waals surface area contributed by atoms with Crippen LogP contribution in [0.4, 0.5) is 0 Å². The Morgan fingerprint density at radius 1 is 1.56 bits per heavy atom. The number of nitrogens with one attached hydrogen (secondary N) is 1. The lowest BCUT2D eigenvalue weighted by molar-refractivity contribution is -0.142. The summed E-state index contributed by atoms with van der Waals surface area (Å²) >= 11 is 0. The number of likely N-dealkylation sites (N-methyl/N-ethyl adjacent to an activating group) is 1. The highest BCUT2D eigenvalue weighted by molar-refractivity contribution is 5.69. The molecule has 0 aromatic carbocycles. The van der Waals surface area contributed by atoms with Gasteiger partial charge in [0.15, 0.2) is 0 Å². The smallest absolute Gasteiger partial charge is 0.307 e. The number of carbonyl (C=O) groups is 1. The van der Waals surface area contributed by atoms with Crippen LogP contribution in [0.25, 0.3) is 0 Å². The fraction of sp³-hybridized carbons (Fsp3) is 0.917. The minimum absolute atomic E-state index is 0.110. The largest absolute Gasteiger partial charge is 0.469 e. The van der Waals surface area contributed by atoms with Crippen molar-refractivity contribution in [1.29, 1.82) is 0 Å². The molecule has 0 aromatic rings. The molecule has 2 unspecified atom stereocenters. The number of likely N-dealkylation sites (tertiary alicyclic amines) is 1. The summed E-state index contributed by atoms with van der Waals surface area (Å²) < 4.78 is 4.73. The number of esters is 1. The van der Waals surface area contributed by atoms with E-state index < -0.39 is 0 Å². The highest BCUT2D eigenvalue weighted by Gasteiger charge is 2.27. The van der Waals surface area contributed by atoms with Gasteiger partial charge in [-0.1, -0.05) is 6.42 Å². The summed E-state index contributed by atoms with van der Waals surface area (Å²) in [7, 11) is 3.44. The van der Waals surface area contributed by atoms with E-state index in [4.69, 9.17) is 4.74 Å². The molecular formula is C12H24N2O2. The molecule has 1 saturated heterocycles. The normalized spacial score (nSPS) is 24.1. The zero-order chi connectivity index (χ0) is 12.0. The molecule has 94 valence electrons. The second-order valence-electron chi connectivity index (χ2n) is 4.57. The van der Waals surface area contributed by atoms with Gasteiger partial charge in [-0.2, -0.15) is 0 Å². The van der Waals surface area contributed by atoms with Gasteiger partial charge in [0, 0.05) is 18.6 Å². The van der Waals surface area contributed by atoms with E-state index in [-0.39, 0.29) is 12.0 Å². The minimum atomic E-state index is -0.110. The highest BCUT2D eigenvalue weighted by atomic mass is 16.5. The number of carbonyl (C=O) groups excluding carboxylic acids is 1.